The maximum Gasteiger partial charge on any atom is 1.00 e. The summed E-state index contributed by atoms with van der Waals surface area (Å²) in [5.41, 5.74) is 10.5. The van der Waals surface area contributed by atoms with Gasteiger partial charge in [0.05, 0.1) is 34.2 Å². The molecule has 7 heterocycles. The Kier molecular flexibility index (Phi) is 23.2. The van der Waals surface area contributed by atoms with E-state index in [4.69, 9.17) is 25.3 Å². The number of likely N-dealkylation sites (tertiary alicyclic amines) is 1. The maximum absolute atomic E-state index is 13.2. The first kappa shape index (κ1) is 61.3. The van der Waals surface area contributed by atoms with Crippen molar-refractivity contribution in [3.05, 3.63) is 125 Å². The number of rotatable bonds is 8. The maximum atomic E-state index is 13.2. The zero-order valence-electron chi connectivity index (χ0n) is 42.8. The minimum atomic E-state index is -0.219. The molecule has 3 aliphatic rings. The SMILES string of the molecule is BrCCCCCBr.C.Cc1cc(=O)n2c3c(c4c(cc13)c1ccccc1c(=O)n4C)OC[C@@H]2CN.Cc1cc(=O)n2c3c(c4c(cc13)c1ccccc1c(=O)n4C)OC[C@@H]2CN1CCCCC1.O=CO[O-].[H-].[K+].[K+]. The van der Waals surface area contributed by atoms with Crippen LogP contribution in [0.3, 0.4) is 0 Å². The fourth-order valence-corrected chi connectivity index (χ4v) is 11.1. The number of nitrogens with two attached hydrogens (primary N) is 1. The van der Waals surface area contributed by atoms with Gasteiger partial charge in [-0.25, -0.2) is 0 Å². The number of halogens is 2. The zero-order valence-corrected chi connectivity index (χ0v) is 51.2. The monoisotopic (exact) mass is 1170 g/mol. The number of ether oxygens (including phenoxy) is 2. The number of pyridine rings is 4. The van der Waals surface area contributed by atoms with Crippen molar-refractivity contribution in [3.63, 3.8) is 0 Å². The van der Waals surface area contributed by atoms with Crippen molar-refractivity contribution < 1.29 is 129 Å². The molecule has 8 aromatic rings. The topological polar surface area (TPSA) is 185 Å². The minimum absolute atomic E-state index is 0. The first-order chi connectivity index (χ1) is 33.9. The number of piperidine rings is 1. The van der Waals surface area contributed by atoms with Crippen molar-refractivity contribution in [2.24, 2.45) is 19.8 Å². The van der Waals surface area contributed by atoms with Crippen LogP contribution in [0.2, 0.25) is 0 Å². The molecule has 0 unspecified atom stereocenters. The van der Waals surface area contributed by atoms with Gasteiger partial charge in [0, 0.05) is 82.3 Å². The summed E-state index contributed by atoms with van der Waals surface area (Å²) in [4.78, 5) is 65.7. The summed E-state index contributed by atoms with van der Waals surface area (Å²) < 4.78 is 19.5. The molecule has 3 aliphatic heterocycles. The van der Waals surface area contributed by atoms with E-state index in [2.05, 4.69) is 53.8 Å². The Morgan fingerprint density at radius 1 is 0.644 bits per heavy atom. The van der Waals surface area contributed by atoms with Crippen molar-refractivity contribution in [1.29, 1.82) is 0 Å². The predicted octanol–water partition coefficient (Wildman–Crippen LogP) is 2.08. The predicted molar refractivity (Wildman–Crippen MR) is 291 cm³/mol. The second-order valence-electron chi connectivity index (χ2n) is 18.0. The van der Waals surface area contributed by atoms with Gasteiger partial charge in [-0.1, -0.05) is 88.5 Å². The number of benzene rings is 4. The van der Waals surface area contributed by atoms with Crippen LogP contribution in [-0.2, 0) is 23.8 Å². The van der Waals surface area contributed by atoms with E-state index >= 15 is 0 Å². The van der Waals surface area contributed by atoms with Gasteiger partial charge in [0.1, 0.15) is 13.2 Å². The van der Waals surface area contributed by atoms with Gasteiger partial charge in [0.15, 0.2) is 11.5 Å². The number of aromatic nitrogens is 4. The Morgan fingerprint density at radius 3 is 1.47 bits per heavy atom. The average molecular weight is 1180 g/mol. The number of nitrogens with zero attached hydrogens (tertiary/aromatic N) is 5. The molecule has 0 spiro atoms. The van der Waals surface area contributed by atoms with E-state index in [1.54, 1.807) is 39.9 Å². The first-order valence-electron chi connectivity index (χ1n) is 23.6. The van der Waals surface area contributed by atoms with Crippen LogP contribution in [0.1, 0.15) is 70.6 Å². The number of hydrogen-bond acceptors (Lipinski definition) is 11. The van der Waals surface area contributed by atoms with Crippen LogP contribution >= 0.6 is 31.9 Å². The van der Waals surface area contributed by atoms with E-state index in [1.807, 2.05) is 66.9 Å². The molecular weight excluding hydrogens is 1110 g/mol. The zero-order chi connectivity index (χ0) is 49.8. The fraction of sp³-hybridized carbons (Fsp3) is 0.389. The molecule has 2 atom stereocenters. The molecule has 11 rings (SSSR count). The number of unbranched alkanes of at least 4 members (excludes halogenated alkanes) is 2. The Hall–Kier alpha value is -2.58. The largest absolute Gasteiger partial charge is 1.00 e. The van der Waals surface area contributed by atoms with Gasteiger partial charge in [0.25, 0.3) is 28.7 Å². The normalized spacial score (nSPS) is 15.5. The van der Waals surface area contributed by atoms with Crippen molar-refractivity contribution in [1.82, 2.24) is 23.2 Å². The molecule has 0 radical (unpaired) electrons. The first-order valence-corrected chi connectivity index (χ1v) is 25.9. The van der Waals surface area contributed by atoms with E-state index in [9.17, 15) is 19.2 Å². The van der Waals surface area contributed by atoms with Crippen LogP contribution in [-0.4, -0.2) is 79.7 Å². The number of hydrogen-bond donors (Lipinski definition) is 1. The number of carbonyl (C=O) groups excluding carboxylic acids is 1. The fourth-order valence-electron chi connectivity index (χ4n) is 10.3. The van der Waals surface area contributed by atoms with Crippen LogP contribution in [0, 0.1) is 13.8 Å². The van der Waals surface area contributed by atoms with Crippen molar-refractivity contribution in [2.45, 2.75) is 71.9 Å². The summed E-state index contributed by atoms with van der Waals surface area (Å²) in [6.07, 6.45) is 7.67. The van der Waals surface area contributed by atoms with Crippen LogP contribution in [0.25, 0.3) is 65.2 Å². The molecule has 1 fully saturated rings. The average Bonchev–Trinajstić information content (AvgIpc) is 3.38. The van der Waals surface area contributed by atoms with Gasteiger partial charge in [-0.3, -0.25) is 33.1 Å². The van der Waals surface area contributed by atoms with Crippen LogP contribution in [0.5, 0.6) is 11.5 Å². The molecule has 0 bridgehead atoms. The molecule has 1 saturated heterocycles. The third-order valence-corrected chi connectivity index (χ3v) is 14.8. The van der Waals surface area contributed by atoms with E-state index in [-0.39, 0.29) is 152 Å². The standard InChI is InChI=1S/C26H27N3O3.C21H19N3O3.C5H10Br2.CH2O3.CH4.2K.H/c1-16-12-22(30)29-17(14-28-10-6-3-7-11-28)15-32-25-23-21(13-20(16)24(25)29)18-8-4-5-9-19(18)26(31)27(23)2;1-11-7-17(25)24-12(9-22)10-27-20-18-16(8-15(11)19(20)24)13-5-3-4-6-14(13)21(26)23(18)2;6-4-2-1-3-5-7;2-1-4-3;;;;/h4-5,8-9,12-13,17H,3,6-7,10-11,14-15H2,1-2H3;3-8,12H,9-10,22H2,1-2H3;1-5H2;1,3H;1H4;;;/q;;;;;2*+1;-1/p-1/t17-;12-;;;;;;/m00....../s1. The second kappa shape index (κ2) is 27.6. The molecule has 19 heteroatoms. The number of fused-ring (bicyclic) bond motifs is 8. The van der Waals surface area contributed by atoms with Gasteiger partial charge in [-0.15, -0.1) is 0 Å². The molecule has 15 nitrogen and oxygen atoms in total. The Bertz CT molecular complexity index is 3540. The molecule has 0 aliphatic carbocycles. The number of carbonyl (C=O) groups is 1. The van der Waals surface area contributed by atoms with E-state index < -0.39 is 0 Å². The minimum Gasteiger partial charge on any atom is -1.00 e. The van der Waals surface area contributed by atoms with Crippen LogP contribution < -0.4 is 145 Å². The molecule has 0 amide bonds. The Balaban J connectivity index is 0.000000258. The Labute approximate surface area is 526 Å². The Morgan fingerprint density at radius 2 is 1.05 bits per heavy atom. The third kappa shape index (κ3) is 12.3. The second-order valence-corrected chi connectivity index (χ2v) is 19.6. The van der Waals surface area contributed by atoms with Crippen LogP contribution in [0.4, 0.5) is 0 Å². The van der Waals surface area contributed by atoms with Gasteiger partial charge < -0.3 is 40.8 Å². The van der Waals surface area contributed by atoms with Crippen molar-refractivity contribution in [2.75, 3.05) is 50.1 Å². The number of alkyl halides is 2. The van der Waals surface area contributed by atoms with Gasteiger partial charge in [0.2, 0.25) is 0 Å². The third-order valence-electron chi connectivity index (χ3n) is 13.7. The van der Waals surface area contributed by atoms with Gasteiger partial charge in [-0.2, -0.15) is 0 Å². The van der Waals surface area contributed by atoms with E-state index in [0.717, 1.165) is 90.3 Å². The molecule has 4 aromatic heterocycles. The van der Waals surface area contributed by atoms with E-state index in [0.29, 0.717) is 47.5 Å². The molecule has 378 valence electrons. The summed E-state index contributed by atoms with van der Waals surface area (Å²) in [6.45, 7) is 7.74. The van der Waals surface area contributed by atoms with E-state index in [1.165, 1.54) is 38.5 Å². The van der Waals surface area contributed by atoms with Gasteiger partial charge >= 0.3 is 103 Å². The quantitative estimate of drug-likeness (QED) is 0.0344. The summed E-state index contributed by atoms with van der Waals surface area (Å²) in [5, 5.41) is 17.8. The smallest absolute Gasteiger partial charge is 1.00 e. The summed E-state index contributed by atoms with van der Waals surface area (Å²) in [7, 11) is 3.54. The van der Waals surface area contributed by atoms with Crippen molar-refractivity contribution >= 4 is 103 Å². The number of aryl methyl sites for hydroxylation is 4. The molecule has 4 aromatic carbocycles. The summed E-state index contributed by atoms with van der Waals surface area (Å²) >= 11 is 6.73. The summed E-state index contributed by atoms with van der Waals surface area (Å²) in [5.74, 6) is 1.23. The summed E-state index contributed by atoms with van der Waals surface area (Å²) in [6, 6.07) is 22.6. The van der Waals surface area contributed by atoms with Gasteiger partial charge in [-0.05, 0) is 98.8 Å². The molecular formula is C54H62Br2K2N6O9. The molecule has 0 saturated carbocycles. The van der Waals surface area contributed by atoms with Crippen molar-refractivity contribution in [3.8, 4) is 11.5 Å². The van der Waals surface area contributed by atoms with Crippen LogP contribution in [0.15, 0.2) is 92.0 Å². The molecule has 2 N–H and O–H groups in total. The molecule has 73 heavy (non-hydrogen) atoms.